The molecule has 0 aromatic heterocycles. The standard InChI is InChI=1S/C16H23NO4/c1-11(2)4-5-12(3)17-15(18)10-21-14-8-6-13(7-9-14)16(19)20/h6-9,11-12H,4-5,10H2,1-3H3,(H,17,18)(H,19,20). The topological polar surface area (TPSA) is 75.6 Å². The van der Waals surface area contributed by atoms with Crippen molar-refractivity contribution in [2.24, 2.45) is 5.92 Å². The molecule has 1 atom stereocenters. The van der Waals surface area contributed by atoms with E-state index in [9.17, 15) is 9.59 Å². The van der Waals surface area contributed by atoms with Gasteiger partial charge < -0.3 is 15.2 Å². The van der Waals surface area contributed by atoms with Gasteiger partial charge in [-0.3, -0.25) is 4.79 Å². The first-order valence-corrected chi connectivity index (χ1v) is 7.14. The summed E-state index contributed by atoms with van der Waals surface area (Å²) in [7, 11) is 0. The maximum Gasteiger partial charge on any atom is 0.335 e. The van der Waals surface area contributed by atoms with Gasteiger partial charge in [-0.25, -0.2) is 4.79 Å². The molecule has 1 aromatic rings. The van der Waals surface area contributed by atoms with E-state index in [0.29, 0.717) is 11.7 Å². The van der Waals surface area contributed by atoms with Crippen molar-refractivity contribution in [3.05, 3.63) is 29.8 Å². The third-order valence-electron chi connectivity index (χ3n) is 3.06. The van der Waals surface area contributed by atoms with E-state index in [2.05, 4.69) is 19.2 Å². The van der Waals surface area contributed by atoms with Crippen LogP contribution in [0.25, 0.3) is 0 Å². The molecular formula is C16H23NO4. The second-order valence-electron chi connectivity index (χ2n) is 5.56. The highest BCUT2D eigenvalue weighted by Crippen LogP contribution is 2.12. The molecule has 0 aliphatic rings. The third kappa shape index (κ3) is 6.79. The van der Waals surface area contributed by atoms with Crippen LogP contribution in [0.2, 0.25) is 0 Å². The predicted octanol–water partition coefficient (Wildman–Crippen LogP) is 2.70. The van der Waals surface area contributed by atoms with Gasteiger partial charge in [-0.05, 0) is 49.9 Å². The van der Waals surface area contributed by atoms with Crippen LogP contribution in [0.3, 0.4) is 0 Å². The van der Waals surface area contributed by atoms with Crippen molar-refractivity contribution < 1.29 is 19.4 Å². The van der Waals surface area contributed by atoms with Crippen molar-refractivity contribution in [1.29, 1.82) is 0 Å². The maximum absolute atomic E-state index is 11.7. The van der Waals surface area contributed by atoms with Gasteiger partial charge in [0.2, 0.25) is 0 Å². The van der Waals surface area contributed by atoms with Crippen LogP contribution in [0.1, 0.15) is 44.0 Å². The molecule has 0 heterocycles. The predicted molar refractivity (Wildman–Crippen MR) is 80.6 cm³/mol. The minimum Gasteiger partial charge on any atom is -0.484 e. The highest BCUT2D eigenvalue weighted by molar-refractivity contribution is 5.87. The zero-order valence-corrected chi connectivity index (χ0v) is 12.8. The molecule has 0 saturated carbocycles. The molecule has 1 aromatic carbocycles. The number of aromatic carboxylic acids is 1. The first kappa shape index (κ1) is 17.0. The van der Waals surface area contributed by atoms with Crippen molar-refractivity contribution in [3.8, 4) is 5.75 Å². The number of ether oxygens (including phenoxy) is 1. The molecule has 0 aliphatic heterocycles. The molecule has 0 aliphatic carbocycles. The van der Waals surface area contributed by atoms with E-state index >= 15 is 0 Å². The molecule has 0 radical (unpaired) electrons. The molecule has 0 saturated heterocycles. The number of carbonyl (C=O) groups is 2. The quantitative estimate of drug-likeness (QED) is 0.772. The Hall–Kier alpha value is -2.04. The van der Waals surface area contributed by atoms with E-state index in [0.717, 1.165) is 12.8 Å². The number of rotatable bonds is 8. The lowest BCUT2D eigenvalue weighted by molar-refractivity contribution is -0.123. The molecule has 5 heteroatoms. The summed E-state index contributed by atoms with van der Waals surface area (Å²) in [6.45, 7) is 6.21. The van der Waals surface area contributed by atoms with Crippen molar-refractivity contribution in [3.63, 3.8) is 0 Å². The lowest BCUT2D eigenvalue weighted by Gasteiger charge is -2.15. The van der Waals surface area contributed by atoms with Crippen LogP contribution in [-0.4, -0.2) is 29.6 Å². The third-order valence-corrected chi connectivity index (χ3v) is 3.06. The average molecular weight is 293 g/mol. The van der Waals surface area contributed by atoms with E-state index in [-0.39, 0.29) is 24.1 Å². The summed E-state index contributed by atoms with van der Waals surface area (Å²) in [4.78, 5) is 22.4. The Kier molecular flexibility index (Phi) is 6.72. The Morgan fingerprint density at radius 2 is 1.76 bits per heavy atom. The van der Waals surface area contributed by atoms with E-state index < -0.39 is 5.97 Å². The zero-order chi connectivity index (χ0) is 15.8. The van der Waals surface area contributed by atoms with Crippen molar-refractivity contribution in [1.82, 2.24) is 5.32 Å². The van der Waals surface area contributed by atoms with Crippen molar-refractivity contribution in [2.75, 3.05) is 6.61 Å². The Balaban J connectivity index is 2.34. The molecule has 0 fully saturated rings. The van der Waals surface area contributed by atoms with Crippen LogP contribution >= 0.6 is 0 Å². The van der Waals surface area contributed by atoms with Gasteiger partial charge in [-0.2, -0.15) is 0 Å². The summed E-state index contributed by atoms with van der Waals surface area (Å²) in [6, 6.07) is 6.09. The van der Waals surface area contributed by atoms with Crippen LogP contribution in [0.15, 0.2) is 24.3 Å². The summed E-state index contributed by atoms with van der Waals surface area (Å²) >= 11 is 0. The highest BCUT2D eigenvalue weighted by atomic mass is 16.5. The fraction of sp³-hybridized carbons (Fsp3) is 0.500. The lowest BCUT2D eigenvalue weighted by atomic mass is 10.0. The van der Waals surface area contributed by atoms with Gasteiger partial charge in [0.1, 0.15) is 5.75 Å². The highest BCUT2D eigenvalue weighted by Gasteiger charge is 2.09. The van der Waals surface area contributed by atoms with Gasteiger partial charge in [0, 0.05) is 6.04 Å². The second kappa shape index (κ2) is 8.29. The fourth-order valence-corrected chi connectivity index (χ4v) is 1.81. The van der Waals surface area contributed by atoms with Gasteiger partial charge >= 0.3 is 5.97 Å². The van der Waals surface area contributed by atoms with Gasteiger partial charge in [-0.1, -0.05) is 13.8 Å². The number of carboxylic acids is 1. The number of carboxylic acid groups (broad SMARTS) is 1. The smallest absolute Gasteiger partial charge is 0.335 e. The van der Waals surface area contributed by atoms with Gasteiger partial charge in [0.05, 0.1) is 5.56 Å². The number of nitrogens with one attached hydrogen (secondary N) is 1. The number of hydrogen-bond acceptors (Lipinski definition) is 3. The summed E-state index contributed by atoms with van der Waals surface area (Å²) in [5.41, 5.74) is 0.189. The molecule has 1 rings (SSSR count). The molecule has 1 amide bonds. The SMILES string of the molecule is CC(C)CCC(C)NC(=O)COc1ccc(C(=O)O)cc1. The Labute approximate surface area is 125 Å². The zero-order valence-electron chi connectivity index (χ0n) is 12.8. The number of benzene rings is 1. The van der Waals surface area contributed by atoms with E-state index in [1.165, 1.54) is 12.1 Å². The van der Waals surface area contributed by atoms with Gasteiger partial charge in [-0.15, -0.1) is 0 Å². The van der Waals surface area contributed by atoms with Crippen LogP contribution in [0, 0.1) is 5.92 Å². The lowest BCUT2D eigenvalue weighted by Crippen LogP contribution is -2.36. The molecule has 0 spiro atoms. The minimum atomic E-state index is -0.988. The van der Waals surface area contributed by atoms with Crippen LogP contribution in [0.5, 0.6) is 5.75 Å². The van der Waals surface area contributed by atoms with Crippen molar-refractivity contribution in [2.45, 2.75) is 39.7 Å². The molecule has 116 valence electrons. The molecular weight excluding hydrogens is 270 g/mol. The number of amides is 1. The van der Waals surface area contributed by atoms with E-state index in [4.69, 9.17) is 9.84 Å². The van der Waals surface area contributed by atoms with Crippen LogP contribution in [-0.2, 0) is 4.79 Å². The van der Waals surface area contributed by atoms with Crippen LogP contribution < -0.4 is 10.1 Å². The summed E-state index contributed by atoms with van der Waals surface area (Å²) in [5, 5.41) is 11.7. The maximum atomic E-state index is 11.7. The Morgan fingerprint density at radius 3 is 2.29 bits per heavy atom. The second-order valence-corrected chi connectivity index (χ2v) is 5.56. The Morgan fingerprint density at radius 1 is 1.14 bits per heavy atom. The minimum absolute atomic E-state index is 0.0710. The fourth-order valence-electron chi connectivity index (χ4n) is 1.81. The molecule has 1 unspecified atom stereocenters. The first-order chi connectivity index (χ1) is 9.88. The van der Waals surface area contributed by atoms with Crippen molar-refractivity contribution >= 4 is 11.9 Å². The molecule has 5 nitrogen and oxygen atoms in total. The molecule has 21 heavy (non-hydrogen) atoms. The normalized spacial score (nSPS) is 12.0. The monoisotopic (exact) mass is 293 g/mol. The average Bonchev–Trinajstić information content (AvgIpc) is 2.43. The van der Waals surface area contributed by atoms with E-state index in [1.807, 2.05) is 6.92 Å². The van der Waals surface area contributed by atoms with E-state index in [1.54, 1.807) is 12.1 Å². The molecule has 0 bridgehead atoms. The van der Waals surface area contributed by atoms with Gasteiger partial charge in [0.25, 0.3) is 5.91 Å². The summed E-state index contributed by atoms with van der Waals surface area (Å²) in [5.74, 6) is -0.0647. The Bertz CT molecular complexity index is 468. The summed E-state index contributed by atoms with van der Waals surface area (Å²) < 4.78 is 5.32. The van der Waals surface area contributed by atoms with Crippen LogP contribution in [0.4, 0.5) is 0 Å². The largest absolute Gasteiger partial charge is 0.484 e. The summed E-state index contributed by atoms with van der Waals surface area (Å²) in [6.07, 6.45) is 2.01. The number of hydrogen-bond donors (Lipinski definition) is 2. The number of carbonyl (C=O) groups excluding carboxylic acids is 1. The molecule has 2 N–H and O–H groups in total. The van der Waals surface area contributed by atoms with Gasteiger partial charge in [0.15, 0.2) is 6.61 Å². The first-order valence-electron chi connectivity index (χ1n) is 7.14.